The van der Waals surface area contributed by atoms with E-state index in [0.717, 1.165) is 22.0 Å². The summed E-state index contributed by atoms with van der Waals surface area (Å²) in [4.78, 5) is 12.8. The minimum Gasteiger partial charge on any atom is -0.486 e. The molecule has 1 atom stereocenters. The zero-order valence-electron chi connectivity index (χ0n) is 17.9. The summed E-state index contributed by atoms with van der Waals surface area (Å²) in [5.41, 5.74) is 1.04. The van der Waals surface area contributed by atoms with Crippen LogP contribution in [0, 0.1) is 5.82 Å². The molecule has 172 valence electrons. The number of amides is 1. The predicted octanol–water partition coefficient (Wildman–Crippen LogP) is 3.67. The first-order chi connectivity index (χ1) is 15.8. The number of carbonyl (C=O) groups is 1. The number of nitrogens with zero attached hydrogens (tertiary/aromatic N) is 1. The van der Waals surface area contributed by atoms with E-state index >= 15 is 0 Å². The maximum Gasteiger partial charge on any atom is 0.264 e. The van der Waals surface area contributed by atoms with Crippen LogP contribution in [0.4, 0.5) is 10.1 Å². The summed E-state index contributed by atoms with van der Waals surface area (Å²) in [5, 5.41) is 2.82. The van der Waals surface area contributed by atoms with Crippen LogP contribution in [-0.2, 0) is 14.8 Å². The third kappa shape index (κ3) is 5.09. The molecule has 0 saturated carbocycles. The van der Waals surface area contributed by atoms with Gasteiger partial charge in [0.1, 0.15) is 25.6 Å². The number of carbonyl (C=O) groups excluding carboxylic acids is 1. The fourth-order valence-electron chi connectivity index (χ4n) is 3.48. The van der Waals surface area contributed by atoms with Gasteiger partial charge in [-0.25, -0.2) is 12.8 Å². The number of halogens is 1. The highest BCUT2D eigenvalue weighted by Crippen LogP contribution is 2.34. The smallest absolute Gasteiger partial charge is 0.264 e. The molecule has 3 aromatic rings. The van der Waals surface area contributed by atoms with Gasteiger partial charge in [-0.1, -0.05) is 30.3 Å². The topological polar surface area (TPSA) is 84.9 Å². The average molecular weight is 471 g/mol. The summed E-state index contributed by atoms with van der Waals surface area (Å²) < 4.78 is 52.5. The van der Waals surface area contributed by atoms with Gasteiger partial charge in [0.05, 0.1) is 16.6 Å². The first-order valence-corrected chi connectivity index (χ1v) is 11.8. The maximum absolute atomic E-state index is 13.6. The largest absolute Gasteiger partial charge is 0.486 e. The van der Waals surface area contributed by atoms with Crippen molar-refractivity contribution in [3.8, 4) is 11.5 Å². The van der Waals surface area contributed by atoms with Crippen molar-refractivity contribution in [2.75, 3.05) is 24.1 Å². The number of nitrogens with one attached hydrogen (secondary N) is 1. The van der Waals surface area contributed by atoms with Crippen LogP contribution in [0.2, 0.25) is 0 Å². The average Bonchev–Trinajstić information content (AvgIpc) is 2.83. The van der Waals surface area contributed by atoms with E-state index in [-0.39, 0.29) is 16.6 Å². The van der Waals surface area contributed by atoms with Crippen LogP contribution in [0.15, 0.2) is 77.7 Å². The van der Waals surface area contributed by atoms with Gasteiger partial charge in [-0.15, -0.1) is 0 Å². The molecule has 1 amide bonds. The van der Waals surface area contributed by atoms with E-state index in [1.54, 1.807) is 0 Å². The van der Waals surface area contributed by atoms with E-state index in [0.29, 0.717) is 24.7 Å². The Morgan fingerprint density at radius 2 is 1.67 bits per heavy atom. The number of sulfonamides is 1. The van der Waals surface area contributed by atoms with Gasteiger partial charge in [0.15, 0.2) is 11.5 Å². The Hall–Kier alpha value is -3.59. The molecule has 1 aliphatic rings. The lowest BCUT2D eigenvalue weighted by atomic mass is 10.1. The second kappa shape index (κ2) is 9.50. The summed E-state index contributed by atoms with van der Waals surface area (Å²) in [5.74, 6) is -0.263. The summed E-state index contributed by atoms with van der Waals surface area (Å²) in [7, 11) is -4.18. The normalized spacial score (nSPS) is 13.8. The standard InChI is InChI=1S/C24H23FN2O5S/c1-17(18-5-3-2-4-6-18)26-24(28)16-27(20-9-7-19(25)8-10-20)33(29,30)21-11-12-22-23(15-21)32-14-13-31-22/h2-12,15,17H,13-14,16H2,1H3,(H,26,28)/t17-/m0/s1. The molecule has 0 radical (unpaired) electrons. The number of hydrogen-bond acceptors (Lipinski definition) is 5. The summed E-state index contributed by atoms with van der Waals surface area (Å²) in [6.07, 6.45) is 0. The Morgan fingerprint density at radius 3 is 2.36 bits per heavy atom. The SMILES string of the molecule is C[C@H](NC(=O)CN(c1ccc(F)cc1)S(=O)(=O)c1ccc2c(c1)OCCO2)c1ccccc1. The van der Waals surface area contributed by atoms with Crippen molar-refractivity contribution >= 4 is 21.6 Å². The van der Waals surface area contributed by atoms with Crippen molar-refractivity contribution in [1.29, 1.82) is 0 Å². The van der Waals surface area contributed by atoms with E-state index in [9.17, 15) is 17.6 Å². The molecule has 33 heavy (non-hydrogen) atoms. The van der Waals surface area contributed by atoms with Gasteiger partial charge in [0.25, 0.3) is 10.0 Å². The molecule has 0 fully saturated rings. The van der Waals surface area contributed by atoms with Crippen molar-refractivity contribution in [1.82, 2.24) is 5.32 Å². The monoisotopic (exact) mass is 470 g/mol. The molecule has 0 saturated heterocycles. The summed E-state index contributed by atoms with van der Waals surface area (Å²) >= 11 is 0. The molecule has 9 heteroatoms. The fourth-order valence-corrected chi connectivity index (χ4v) is 4.91. The first kappa shape index (κ1) is 22.6. The molecule has 3 aromatic carbocycles. The van der Waals surface area contributed by atoms with E-state index in [4.69, 9.17) is 9.47 Å². The molecule has 1 aliphatic heterocycles. The minimum atomic E-state index is -4.18. The van der Waals surface area contributed by atoms with Gasteiger partial charge in [-0.3, -0.25) is 9.10 Å². The minimum absolute atomic E-state index is 0.0695. The quantitative estimate of drug-likeness (QED) is 0.570. The Kier molecular flexibility index (Phi) is 6.50. The van der Waals surface area contributed by atoms with Crippen LogP contribution in [0.5, 0.6) is 11.5 Å². The Labute approximate surface area is 191 Å². The van der Waals surface area contributed by atoms with Crippen molar-refractivity contribution in [3.63, 3.8) is 0 Å². The number of hydrogen-bond donors (Lipinski definition) is 1. The van der Waals surface area contributed by atoms with Gasteiger partial charge >= 0.3 is 0 Å². The van der Waals surface area contributed by atoms with Gasteiger partial charge < -0.3 is 14.8 Å². The fraction of sp³-hybridized carbons (Fsp3) is 0.208. The lowest BCUT2D eigenvalue weighted by molar-refractivity contribution is -0.120. The molecule has 0 bridgehead atoms. The van der Waals surface area contributed by atoms with Gasteiger partial charge in [-0.05, 0) is 48.9 Å². The second-order valence-electron chi connectivity index (χ2n) is 7.49. The predicted molar refractivity (Wildman–Crippen MR) is 121 cm³/mol. The maximum atomic E-state index is 13.6. The molecule has 1 heterocycles. The van der Waals surface area contributed by atoms with Crippen LogP contribution in [0.25, 0.3) is 0 Å². The van der Waals surface area contributed by atoms with Gasteiger partial charge in [0.2, 0.25) is 5.91 Å². The van der Waals surface area contributed by atoms with Crippen LogP contribution in [0.3, 0.4) is 0 Å². The van der Waals surface area contributed by atoms with E-state index < -0.39 is 28.3 Å². The number of rotatable bonds is 7. The molecule has 0 aliphatic carbocycles. The second-order valence-corrected chi connectivity index (χ2v) is 9.36. The van der Waals surface area contributed by atoms with Crippen LogP contribution < -0.4 is 19.1 Å². The van der Waals surface area contributed by atoms with Crippen LogP contribution >= 0.6 is 0 Å². The summed E-state index contributed by atoms with van der Waals surface area (Å²) in [6, 6.07) is 18.2. The lowest BCUT2D eigenvalue weighted by Gasteiger charge is -2.26. The molecule has 7 nitrogen and oxygen atoms in total. The van der Waals surface area contributed by atoms with Gasteiger partial charge in [-0.2, -0.15) is 0 Å². The molecular weight excluding hydrogens is 447 g/mol. The number of anilines is 1. The molecule has 4 rings (SSSR count). The molecule has 1 N–H and O–H groups in total. The highest BCUT2D eigenvalue weighted by atomic mass is 32.2. The van der Waals surface area contributed by atoms with E-state index in [1.165, 1.54) is 30.3 Å². The number of benzene rings is 3. The van der Waals surface area contributed by atoms with Crippen molar-refractivity contribution < 1.29 is 27.1 Å². The highest BCUT2D eigenvalue weighted by Gasteiger charge is 2.29. The number of fused-ring (bicyclic) bond motifs is 1. The zero-order valence-corrected chi connectivity index (χ0v) is 18.7. The Bertz CT molecular complexity index is 1230. The Morgan fingerprint density at radius 1 is 1.00 bits per heavy atom. The third-order valence-corrected chi connectivity index (χ3v) is 6.95. The zero-order chi connectivity index (χ0) is 23.4. The first-order valence-electron chi connectivity index (χ1n) is 10.4. The van der Waals surface area contributed by atoms with Crippen molar-refractivity contribution in [3.05, 3.63) is 84.2 Å². The molecule has 0 aromatic heterocycles. The highest BCUT2D eigenvalue weighted by molar-refractivity contribution is 7.92. The Balaban J connectivity index is 1.63. The number of ether oxygens (including phenoxy) is 2. The third-order valence-electron chi connectivity index (χ3n) is 5.18. The van der Waals surface area contributed by atoms with Crippen molar-refractivity contribution in [2.24, 2.45) is 0 Å². The molecule has 0 spiro atoms. The molecular formula is C24H23FN2O5S. The summed E-state index contributed by atoms with van der Waals surface area (Å²) in [6.45, 7) is 2.00. The van der Waals surface area contributed by atoms with Gasteiger partial charge in [0, 0.05) is 6.07 Å². The van der Waals surface area contributed by atoms with Crippen LogP contribution in [-0.4, -0.2) is 34.1 Å². The van der Waals surface area contributed by atoms with E-state index in [2.05, 4.69) is 5.32 Å². The van der Waals surface area contributed by atoms with Crippen LogP contribution in [0.1, 0.15) is 18.5 Å². The molecule has 0 unspecified atom stereocenters. The van der Waals surface area contributed by atoms with Crippen molar-refractivity contribution in [2.45, 2.75) is 17.9 Å². The van der Waals surface area contributed by atoms with E-state index in [1.807, 2.05) is 37.3 Å². The lowest BCUT2D eigenvalue weighted by Crippen LogP contribution is -2.41.